The fraction of sp³-hybridized carbons (Fsp3) is 0.368. The largest absolute Gasteiger partial charge is 0.451 e. The molecule has 0 fully saturated rings. The third-order valence-electron chi connectivity index (χ3n) is 3.93. The van der Waals surface area contributed by atoms with Crippen molar-refractivity contribution in [3.8, 4) is 5.69 Å². The number of hydrogen-bond acceptors (Lipinski definition) is 6. The molecule has 0 unspecified atom stereocenters. The molecule has 0 aliphatic rings. The number of aromatic nitrogens is 2. The number of carbonyl (C=O) groups is 3. The first-order valence-corrected chi connectivity index (χ1v) is 9.73. The molecule has 1 aromatic heterocycles. The Kier molecular flexibility index (Phi) is 7.22. The van der Waals surface area contributed by atoms with E-state index in [1.54, 1.807) is 13.8 Å². The molecule has 0 saturated heterocycles. The maximum Gasteiger partial charge on any atom is 0.318 e. The van der Waals surface area contributed by atoms with Crippen molar-refractivity contribution in [2.45, 2.75) is 38.7 Å². The number of para-hydroxylation sites is 1. The second kappa shape index (κ2) is 9.41. The topological polar surface area (TPSA) is 116 Å². The molecule has 0 bridgehead atoms. The number of nitrogens with one attached hydrogen (secondary N) is 1. The molecule has 0 saturated carbocycles. The summed E-state index contributed by atoms with van der Waals surface area (Å²) in [6.45, 7) is 7.23. The molecule has 1 atom stereocenters. The Balaban J connectivity index is 2.05. The van der Waals surface area contributed by atoms with Crippen LogP contribution in [0.2, 0.25) is 0 Å². The van der Waals surface area contributed by atoms with Crippen molar-refractivity contribution >= 4 is 29.7 Å². The van der Waals surface area contributed by atoms with Gasteiger partial charge >= 0.3 is 12.0 Å². The number of thioether (sulfide) groups is 1. The number of esters is 1. The fourth-order valence-corrected chi connectivity index (χ4v) is 3.52. The predicted molar refractivity (Wildman–Crippen MR) is 106 cm³/mol. The van der Waals surface area contributed by atoms with Crippen LogP contribution in [-0.2, 0) is 14.3 Å². The average molecular weight is 404 g/mol. The van der Waals surface area contributed by atoms with Gasteiger partial charge in [0, 0.05) is 0 Å². The molecule has 150 valence electrons. The van der Waals surface area contributed by atoms with E-state index in [2.05, 4.69) is 5.10 Å². The van der Waals surface area contributed by atoms with Gasteiger partial charge in [0.25, 0.3) is 5.91 Å². The SMILES string of the molecule is Cc1nn(-c2ccccc2)c(C)c1SCC(=O)O[C@@H](C(=O)NC(N)=O)C(C)C. The first kappa shape index (κ1) is 21.5. The number of amides is 3. The molecule has 9 heteroatoms. The molecule has 1 aromatic carbocycles. The number of rotatable bonds is 7. The van der Waals surface area contributed by atoms with Crippen molar-refractivity contribution in [3.63, 3.8) is 0 Å². The van der Waals surface area contributed by atoms with Gasteiger partial charge in [-0.25, -0.2) is 9.48 Å². The number of aryl methyl sites for hydroxylation is 1. The lowest BCUT2D eigenvalue weighted by Crippen LogP contribution is -2.45. The third kappa shape index (κ3) is 5.35. The van der Waals surface area contributed by atoms with Crippen LogP contribution in [0.4, 0.5) is 4.79 Å². The number of carbonyl (C=O) groups excluding carboxylic acids is 3. The summed E-state index contributed by atoms with van der Waals surface area (Å²) in [5.74, 6) is -1.59. The Labute approximate surface area is 167 Å². The highest BCUT2D eigenvalue weighted by molar-refractivity contribution is 8.00. The molecule has 0 aliphatic carbocycles. The van der Waals surface area contributed by atoms with E-state index >= 15 is 0 Å². The van der Waals surface area contributed by atoms with Crippen molar-refractivity contribution < 1.29 is 19.1 Å². The predicted octanol–water partition coefficient (Wildman–Crippen LogP) is 2.34. The summed E-state index contributed by atoms with van der Waals surface area (Å²) in [5.41, 5.74) is 7.59. The number of imide groups is 1. The maximum atomic E-state index is 12.3. The van der Waals surface area contributed by atoms with Crippen LogP contribution in [0.15, 0.2) is 35.2 Å². The van der Waals surface area contributed by atoms with E-state index < -0.39 is 24.0 Å². The van der Waals surface area contributed by atoms with E-state index in [0.717, 1.165) is 22.0 Å². The number of ether oxygens (including phenoxy) is 1. The molecule has 0 radical (unpaired) electrons. The highest BCUT2D eigenvalue weighted by Gasteiger charge is 2.27. The van der Waals surface area contributed by atoms with Crippen LogP contribution in [0.25, 0.3) is 5.69 Å². The number of nitrogens with two attached hydrogens (primary N) is 1. The molecule has 0 spiro atoms. The molecule has 2 rings (SSSR count). The minimum Gasteiger partial charge on any atom is -0.451 e. The molecule has 1 heterocycles. The number of urea groups is 1. The van der Waals surface area contributed by atoms with E-state index in [1.807, 2.05) is 54.2 Å². The number of primary amides is 1. The summed E-state index contributed by atoms with van der Waals surface area (Å²) in [7, 11) is 0. The van der Waals surface area contributed by atoms with Crippen molar-refractivity contribution in [3.05, 3.63) is 41.7 Å². The average Bonchev–Trinajstić information content (AvgIpc) is 2.91. The van der Waals surface area contributed by atoms with Gasteiger partial charge in [0.05, 0.1) is 27.7 Å². The number of hydrogen-bond donors (Lipinski definition) is 2. The molecule has 0 aliphatic heterocycles. The Morgan fingerprint density at radius 3 is 2.43 bits per heavy atom. The Morgan fingerprint density at radius 1 is 1.21 bits per heavy atom. The molecule has 2 aromatic rings. The van der Waals surface area contributed by atoms with Gasteiger partial charge in [-0.3, -0.25) is 14.9 Å². The van der Waals surface area contributed by atoms with Crippen LogP contribution in [0.1, 0.15) is 25.2 Å². The van der Waals surface area contributed by atoms with Crippen molar-refractivity contribution in [1.82, 2.24) is 15.1 Å². The molecule has 28 heavy (non-hydrogen) atoms. The van der Waals surface area contributed by atoms with Gasteiger partial charge in [-0.2, -0.15) is 5.10 Å². The zero-order valence-electron chi connectivity index (χ0n) is 16.3. The van der Waals surface area contributed by atoms with Gasteiger partial charge in [-0.1, -0.05) is 32.0 Å². The summed E-state index contributed by atoms with van der Waals surface area (Å²) in [6, 6.07) is 8.71. The summed E-state index contributed by atoms with van der Waals surface area (Å²) >= 11 is 1.30. The quantitative estimate of drug-likeness (QED) is 0.540. The van der Waals surface area contributed by atoms with Crippen LogP contribution in [0.3, 0.4) is 0 Å². The molecular formula is C19H24N4O4S. The van der Waals surface area contributed by atoms with Crippen LogP contribution < -0.4 is 11.1 Å². The monoisotopic (exact) mass is 404 g/mol. The third-order valence-corrected chi connectivity index (χ3v) is 5.19. The normalized spacial score (nSPS) is 11.9. The minimum absolute atomic E-state index is 0.00916. The lowest BCUT2D eigenvalue weighted by molar-refractivity contribution is -0.155. The second-order valence-corrected chi connectivity index (χ2v) is 7.53. The lowest BCUT2D eigenvalue weighted by Gasteiger charge is -2.19. The highest BCUT2D eigenvalue weighted by atomic mass is 32.2. The van der Waals surface area contributed by atoms with Gasteiger partial charge in [0.1, 0.15) is 0 Å². The molecular weight excluding hydrogens is 380 g/mol. The Bertz CT molecular complexity index is 864. The van der Waals surface area contributed by atoms with Crippen molar-refractivity contribution in [1.29, 1.82) is 0 Å². The molecule has 8 nitrogen and oxygen atoms in total. The van der Waals surface area contributed by atoms with E-state index in [0.29, 0.717) is 0 Å². The van der Waals surface area contributed by atoms with E-state index in [4.69, 9.17) is 10.5 Å². The summed E-state index contributed by atoms with van der Waals surface area (Å²) in [4.78, 5) is 36.0. The Morgan fingerprint density at radius 2 is 1.86 bits per heavy atom. The van der Waals surface area contributed by atoms with Gasteiger partial charge in [-0.15, -0.1) is 11.8 Å². The van der Waals surface area contributed by atoms with Crippen molar-refractivity contribution in [2.75, 3.05) is 5.75 Å². The van der Waals surface area contributed by atoms with Gasteiger partial charge in [-0.05, 0) is 31.9 Å². The molecule has 3 N–H and O–H groups in total. The van der Waals surface area contributed by atoms with Crippen LogP contribution in [0.5, 0.6) is 0 Å². The van der Waals surface area contributed by atoms with E-state index in [1.165, 1.54) is 11.8 Å². The minimum atomic E-state index is -1.09. The molecule has 3 amide bonds. The van der Waals surface area contributed by atoms with Crippen LogP contribution >= 0.6 is 11.8 Å². The van der Waals surface area contributed by atoms with Crippen LogP contribution in [-0.4, -0.2) is 39.5 Å². The Hall–Kier alpha value is -2.81. The van der Waals surface area contributed by atoms with Crippen LogP contribution in [0, 0.1) is 19.8 Å². The summed E-state index contributed by atoms with van der Waals surface area (Å²) in [6.07, 6.45) is -1.09. The fourth-order valence-electron chi connectivity index (χ4n) is 2.65. The standard InChI is InChI=1S/C19H24N4O4S/c1-11(2)16(18(25)21-19(20)26)27-15(24)10-28-17-12(3)22-23(13(17)4)14-8-6-5-7-9-14/h5-9,11,16H,10H2,1-4H3,(H3,20,21,25,26)/t16-/m1/s1. The van der Waals surface area contributed by atoms with E-state index in [9.17, 15) is 14.4 Å². The number of benzene rings is 1. The zero-order chi connectivity index (χ0) is 20.8. The smallest absolute Gasteiger partial charge is 0.318 e. The van der Waals surface area contributed by atoms with E-state index in [-0.39, 0.29) is 11.7 Å². The highest BCUT2D eigenvalue weighted by Crippen LogP contribution is 2.28. The van der Waals surface area contributed by atoms with Gasteiger partial charge < -0.3 is 10.5 Å². The first-order chi connectivity index (χ1) is 13.2. The van der Waals surface area contributed by atoms with Gasteiger partial charge in [0.15, 0.2) is 6.10 Å². The summed E-state index contributed by atoms with van der Waals surface area (Å²) < 4.78 is 7.08. The van der Waals surface area contributed by atoms with Crippen molar-refractivity contribution in [2.24, 2.45) is 11.7 Å². The van der Waals surface area contributed by atoms with Gasteiger partial charge in [0.2, 0.25) is 0 Å². The first-order valence-electron chi connectivity index (χ1n) is 8.75. The number of nitrogens with zero attached hydrogens (tertiary/aromatic N) is 2. The maximum absolute atomic E-state index is 12.3. The lowest BCUT2D eigenvalue weighted by atomic mass is 10.1. The summed E-state index contributed by atoms with van der Waals surface area (Å²) in [5, 5.41) is 6.48. The zero-order valence-corrected chi connectivity index (χ0v) is 17.1. The second-order valence-electron chi connectivity index (χ2n) is 6.54.